The van der Waals surface area contributed by atoms with Gasteiger partial charge < -0.3 is 9.47 Å². The van der Waals surface area contributed by atoms with E-state index < -0.39 is 32.1 Å². The van der Waals surface area contributed by atoms with Gasteiger partial charge >= 0.3 is 5.97 Å². The Kier molecular flexibility index (Phi) is 8.43. The summed E-state index contributed by atoms with van der Waals surface area (Å²) in [7, 11) is -4.57. The first-order chi connectivity index (χ1) is 14.4. The molecule has 0 amide bonds. The molecular weight excluding hydrogens is 468 g/mol. The number of rotatable bonds is 10. The predicted octanol–water partition coefficient (Wildman–Crippen LogP) is 1.88. The maximum Gasteiger partial charge on any atom is 0.324 e. The summed E-state index contributed by atoms with van der Waals surface area (Å²) in [6.07, 6.45) is 0. The summed E-state index contributed by atoms with van der Waals surface area (Å²) >= 11 is 5.74. The lowest BCUT2D eigenvalue weighted by Crippen LogP contribution is -2.39. The number of nitrogens with zero attached hydrogens (tertiary/aromatic N) is 1. The van der Waals surface area contributed by atoms with Crippen LogP contribution in [0.4, 0.5) is 0 Å². The minimum Gasteiger partial charge on any atom is -0.490 e. The third-order valence-electron chi connectivity index (χ3n) is 4.01. The number of sulfonamides is 2. The lowest BCUT2D eigenvalue weighted by atomic mass is 10.3. The van der Waals surface area contributed by atoms with Gasteiger partial charge in [0, 0.05) is 19.1 Å². The zero-order valence-electron chi connectivity index (χ0n) is 17.1. The molecule has 1 N–H and O–H groups in total. The highest BCUT2D eigenvalue weighted by atomic mass is 35.5. The fourth-order valence-corrected chi connectivity index (χ4v) is 4.53. The number of halogens is 1. The van der Waals surface area contributed by atoms with Crippen LogP contribution in [0, 0.1) is 0 Å². The third-order valence-corrected chi connectivity index (χ3v) is 7.65. The fourth-order valence-electron chi connectivity index (χ4n) is 2.31. The van der Waals surface area contributed by atoms with Gasteiger partial charge in [0.1, 0.15) is 25.0 Å². The Balaban J connectivity index is 1.82. The maximum absolute atomic E-state index is 12.3. The minimum absolute atomic E-state index is 0.00215. The summed E-state index contributed by atoms with van der Waals surface area (Å²) in [4.78, 5) is 12.1. The SMILES string of the molecule is C[C@H](NS(=O)(=O)c1ccc(Cl)cc1)C(=O)OCCOc1ccc(S(=O)(=O)N(C)C)cc1. The van der Waals surface area contributed by atoms with Crippen molar-refractivity contribution in [3.63, 3.8) is 0 Å². The molecule has 0 spiro atoms. The summed E-state index contributed by atoms with van der Waals surface area (Å²) in [6.45, 7) is 1.24. The zero-order valence-corrected chi connectivity index (χ0v) is 19.5. The minimum atomic E-state index is -3.91. The van der Waals surface area contributed by atoms with Crippen molar-refractivity contribution in [1.82, 2.24) is 9.03 Å². The molecule has 170 valence electrons. The number of benzene rings is 2. The van der Waals surface area contributed by atoms with Gasteiger partial charge in [0.2, 0.25) is 20.0 Å². The highest BCUT2D eigenvalue weighted by Gasteiger charge is 2.23. The summed E-state index contributed by atoms with van der Waals surface area (Å²) < 4.78 is 62.4. The number of carbonyl (C=O) groups is 1. The molecule has 0 bridgehead atoms. The molecule has 2 rings (SSSR count). The third kappa shape index (κ3) is 6.91. The number of hydrogen-bond acceptors (Lipinski definition) is 7. The molecule has 31 heavy (non-hydrogen) atoms. The maximum atomic E-state index is 12.3. The molecule has 0 aromatic heterocycles. The van der Waals surface area contributed by atoms with E-state index in [0.29, 0.717) is 10.8 Å². The first-order valence-electron chi connectivity index (χ1n) is 9.03. The highest BCUT2D eigenvalue weighted by Crippen LogP contribution is 2.18. The summed E-state index contributed by atoms with van der Waals surface area (Å²) in [5.41, 5.74) is 0. The van der Waals surface area contributed by atoms with E-state index in [0.717, 1.165) is 4.31 Å². The molecule has 0 saturated carbocycles. The molecule has 0 aliphatic heterocycles. The van der Waals surface area contributed by atoms with Gasteiger partial charge in [0.15, 0.2) is 0 Å². The number of esters is 1. The number of hydrogen-bond donors (Lipinski definition) is 1. The van der Waals surface area contributed by atoms with Gasteiger partial charge in [-0.25, -0.2) is 21.1 Å². The van der Waals surface area contributed by atoms with E-state index in [-0.39, 0.29) is 23.0 Å². The van der Waals surface area contributed by atoms with Gasteiger partial charge in [-0.05, 0) is 55.5 Å². The second-order valence-electron chi connectivity index (χ2n) is 6.57. The Hall–Kier alpha value is -2.18. The largest absolute Gasteiger partial charge is 0.490 e. The van der Waals surface area contributed by atoms with Crippen LogP contribution in [-0.2, 0) is 29.6 Å². The molecule has 0 aliphatic rings. The van der Waals surface area contributed by atoms with Crippen LogP contribution in [-0.4, -0.2) is 60.5 Å². The Morgan fingerprint density at radius 2 is 1.52 bits per heavy atom. The quantitative estimate of drug-likeness (QED) is 0.399. The van der Waals surface area contributed by atoms with E-state index in [9.17, 15) is 21.6 Å². The summed E-state index contributed by atoms with van der Waals surface area (Å²) in [6, 6.07) is 10.2. The van der Waals surface area contributed by atoms with Crippen LogP contribution in [0.2, 0.25) is 5.02 Å². The molecule has 0 fully saturated rings. The Morgan fingerprint density at radius 1 is 0.968 bits per heavy atom. The molecule has 9 nitrogen and oxygen atoms in total. The molecule has 0 aliphatic carbocycles. The molecule has 2 aromatic rings. The number of carbonyl (C=O) groups excluding carboxylic acids is 1. The van der Waals surface area contributed by atoms with E-state index in [4.69, 9.17) is 21.1 Å². The highest BCUT2D eigenvalue weighted by molar-refractivity contribution is 7.89. The van der Waals surface area contributed by atoms with Crippen LogP contribution in [0.25, 0.3) is 0 Å². The normalized spacial score (nSPS) is 13.1. The molecule has 12 heteroatoms. The molecule has 0 heterocycles. The Bertz CT molecular complexity index is 1100. The van der Waals surface area contributed by atoms with Crippen molar-refractivity contribution in [2.24, 2.45) is 0 Å². The first-order valence-corrected chi connectivity index (χ1v) is 12.3. The van der Waals surface area contributed by atoms with Crippen LogP contribution in [0.3, 0.4) is 0 Å². The standard InChI is InChI=1S/C19H23ClN2O7S2/c1-14(21-30(24,25)17-8-4-15(20)5-9-17)19(23)29-13-12-28-16-6-10-18(11-7-16)31(26,27)22(2)3/h4-11,14,21H,12-13H2,1-3H3/t14-/m0/s1. The summed E-state index contributed by atoms with van der Waals surface area (Å²) in [5, 5.41) is 0.389. The van der Waals surface area contributed by atoms with Crippen molar-refractivity contribution >= 4 is 37.6 Å². The van der Waals surface area contributed by atoms with Crippen LogP contribution in [0.15, 0.2) is 58.3 Å². The van der Waals surface area contributed by atoms with Gasteiger partial charge in [-0.1, -0.05) is 11.6 Å². The van der Waals surface area contributed by atoms with Crippen molar-refractivity contribution in [3.8, 4) is 5.75 Å². The zero-order chi connectivity index (χ0) is 23.2. The van der Waals surface area contributed by atoms with Gasteiger partial charge in [-0.15, -0.1) is 0 Å². The second-order valence-corrected chi connectivity index (χ2v) is 10.9. The van der Waals surface area contributed by atoms with E-state index in [1.165, 1.54) is 69.6 Å². The van der Waals surface area contributed by atoms with Crippen molar-refractivity contribution in [3.05, 3.63) is 53.6 Å². The molecule has 0 radical (unpaired) electrons. The van der Waals surface area contributed by atoms with E-state index >= 15 is 0 Å². The van der Waals surface area contributed by atoms with Crippen LogP contribution in [0.1, 0.15) is 6.92 Å². The van der Waals surface area contributed by atoms with Crippen LogP contribution in [0.5, 0.6) is 5.75 Å². The molecular formula is C19H23ClN2O7S2. The molecule has 2 aromatic carbocycles. The number of nitrogens with one attached hydrogen (secondary N) is 1. The smallest absolute Gasteiger partial charge is 0.324 e. The Morgan fingerprint density at radius 3 is 2.06 bits per heavy atom. The van der Waals surface area contributed by atoms with Crippen molar-refractivity contribution < 1.29 is 31.1 Å². The summed E-state index contributed by atoms with van der Waals surface area (Å²) in [5.74, 6) is -0.376. The predicted molar refractivity (Wildman–Crippen MR) is 115 cm³/mol. The molecule has 0 saturated heterocycles. The lowest BCUT2D eigenvalue weighted by Gasteiger charge is -2.14. The van der Waals surface area contributed by atoms with Gasteiger partial charge in [-0.3, -0.25) is 4.79 Å². The van der Waals surface area contributed by atoms with Gasteiger partial charge in [0.05, 0.1) is 9.79 Å². The van der Waals surface area contributed by atoms with E-state index in [1.807, 2.05) is 0 Å². The first kappa shape index (κ1) is 25.1. The van der Waals surface area contributed by atoms with Crippen LogP contribution >= 0.6 is 11.6 Å². The lowest BCUT2D eigenvalue weighted by molar-refractivity contribution is -0.145. The molecule has 1 atom stereocenters. The molecule has 0 unspecified atom stereocenters. The Labute approximate surface area is 187 Å². The fraction of sp³-hybridized carbons (Fsp3) is 0.316. The van der Waals surface area contributed by atoms with Gasteiger partial charge in [0.25, 0.3) is 0 Å². The van der Waals surface area contributed by atoms with Crippen LogP contribution < -0.4 is 9.46 Å². The van der Waals surface area contributed by atoms with Crippen molar-refractivity contribution in [1.29, 1.82) is 0 Å². The van der Waals surface area contributed by atoms with Crippen molar-refractivity contribution in [2.75, 3.05) is 27.3 Å². The topological polar surface area (TPSA) is 119 Å². The number of ether oxygens (including phenoxy) is 2. The van der Waals surface area contributed by atoms with Crippen molar-refractivity contribution in [2.45, 2.75) is 22.8 Å². The van der Waals surface area contributed by atoms with E-state index in [1.54, 1.807) is 0 Å². The van der Waals surface area contributed by atoms with Gasteiger partial charge in [-0.2, -0.15) is 4.72 Å². The average Bonchev–Trinajstić information content (AvgIpc) is 2.71. The van der Waals surface area contributed by atoms with E-state index in [2.05, 4.69) is 4.72 Å². The monoisotopic (exact) mass is 490 g/mol. The average molecular weight is 491 g/mol. The second kappa shape index (κ2) is 10.4.